The number of carbonyl (C=O) groups excluding carboxylic acids is 2. The van der Waals surface area contributed by atoms with Gasteiger partial charge in [-0.2, -0.15) is 0 Å². The molecule has 0 saturated heterocycles. The van der Waals surface area contributed by atoms with Crippen molar-refractivity contribution < 1.29 is 9.59 Å². The highest BCUT2D eigenvalue weighted by atomic mass is 16.1. The minimum absolute atomic E-state index is 0.325. The molecule has 0 spiro atoms. The first kappa shape index (κ1) is 18.7. The van der Waals surface area contributed by atoms with Crippen LogP contribution in [0.25, 0.3) is 5.57 Å². The molecule has 4 heteroatoms. The molecule has 2 aromatic heterocycles. The molecule has 0 amide bonds. The van der Waals surface area contributed by atoms with Gasteiger partial charge in [0.15, 0.2) is 12.6 Å². The summed E-state index contributed by atoms with van der Waals surface area (Å²) in [5, 5.41) is 0. The minimum Gasteiger partial charge on any atom is -0.355 e. The molecular formula is C24H28N2O2. The zero-order valence-corrected chi connectivity index (χ0v) is 17.1. The summed E-state index contributed by atoms with van der Waals surface area (Å²) in [4.78, 5) is 29.3. The van der Waals surface area contributed by atoms with Crippen LogP contribution in [0.3, 0.4) is 0 Å². The Bertz CT molecular complexity index is 1020. The third-order valence-electron chi connectivity index (χ3n) is 6.96. The van der Waals surface area contributed by atoms with Crippen molar-refractivity contribution in [3.8, 4) is 0 Å². The number of hydrogen-bond donors (Lipinski definition) is 2. The fourth-order valence-electron chi connectivity index (χ4n) is 4.88. The van der Waals surface area contributed by atoms with E-state index < -0.39 is 0 Å². The summed E-state index contributed by atoms with van der Waals surface area (Å²) in [6.45, 7) is 8.21. The molecule has 0 saturated carbocycles. The van der Waals surface area contributed by atoms with Crippen LogP contribution in [0.15, 0.2) is 17.7 Å². The van der Waals surface area contributed by atoms with E-state index in [9.17, 15) is 9.59 Å². The second kappa shape index (κ2) is 7.08. The molecule has 2 aromatic rings. The van der Waals surface area contributed by atoms with Gasteiger partial charge in [0.1, 0.15) is 0 Å². The Labute approximate surface area is 166 Å². The van der Waals surface area contributed by atoms with Crippen molar-refractivity contribution in [2.75, 3.05) is 0 Å². The summed E-state index contributed by atoms with van der Waals surface area (Å²) in [5.74, 6) is 0.940. The van der Waals surface area contributed by atoms with Gasteiger partial charge in [-0.1, -0.05) is 12.2 Å². The lowest BCUT2D eigenvalue weighted by Gasteiger charge is -2.31. The van der Waals surface area contributed by atoms with Gasteiger partial charge in [0.25, 0.3) is 0 Å². The minimum atomic E-state index is 0.325. The Morgan fingerprint density at radius 1 is 0.857 bits per heavy atom. The summed E-state index contributed by atoms with van der Waals surface area (Å²) in [6, 6.07) is 0. The van der Waals surface area contributed by atoms with Crippen molar-refractivity contribution >= 4 is 18.1 Å². The summed E-state index contributed by atoms with van der Waals surface area (Å²) in [7, 11) is 0. The number of hydrogen-bond acceptors (Lipinski definition) is 2. The summed E-state index contributed by atoms with van der Waals surface area (Å²) < 4.78 is 0. The van der Waals surface area contributed by atoms with Crippen molar-refractivity contribution in [1.82, 2.24) is 9.97 Å². The van der Waals surface area contributed by atoms with Gasteiger partial charge in [0.05, 0.1) is 11.4 Å². The molecule has 0 bridgehead atoms. The highest BCUT2D eigenvalue weighted by molar-refractivity contribution is 5.80. The molecule has 2 N–H and O–H groups in total. The van der Waals surface area contributed by atoms with E-state index in [1.54, 1.807) is 0 Å². The van der Waals surface area contributed by atoms with Crippen molar-refractivity contribution in [2.45, 2.75) is 59.3 Å². The summed E-state index contributed by atoms with van der Waals surface area (Å²) in [6.07, 6.45) is 11.1. The van der Waals surface area contributed by atoms with Gasteiger partial charge in [-0.05, 0) is 92.7 Å². The zero-order valence-electron chi connectivity index (χ0n) is 17.1. The van der Waals surface area contributed by atoms with E-state index in [0.29, 0.717) is 23.2 Å². The summed E-state index contributed by atoms with van der Waals surface area (Å²) >= 11 is 0. The van der Waals surface area contributed by atoms with Gasteiger partial charge in [-0.15, -0.1) is 0 Å². The lowest BCUT2D eigenvalue weighted by molar-refractivity contribution is 0.111. The summed E-state index contributed by atoms with van der Waals surface area (Å²) in [5.41, 5.74) is 10.8. The number of carbonyl (C=O) groups is 2. The zero-order chi connectivity index (χ0) is 20.0. The van der Waals surface area contributed by atoms with Gasteiger partial charge >= 0.3 is 0 Å². The van der Waals surface area contributed by atoms with Crippen molar-refractivity contribution in [1.29, 1.82) is 0 Å². The molecule has 4 nitrogen and oxygen atoms in total. The number of aromatic nitrogens is 2. The predicted octanol–water partition coefficient (Wildman–Crippen LogP) is 5.50. The number of aldehydes is 2. The van der Waals surface area contributed by atoms with E-state index >= 15 is 0 Å². The Hall–Kier alpha value is -2.62. The van der Waals surface area contributed by atoms with Gasteiger partial charge in [0, 0.05) is 17.3 Å². The molecule has 28 heavy (non-hydrogen) atoms. The Kier molecular flexibility index (Phi) is 4.74. The maximum Gasteiger partial charge on any atom is 0.166 e. The molecular weight excluding hydrogens is 348 g/mol. The van der Waals surface area contributed by atoms with Crippen LogP contribution in [0.4, 0.5) is 0 Å². The van der Waals surface area contributed by atoms with Gasteiger partial charge < -0.3 is 9.97 Å². The van der Waals surface area contributed by atoms with Crippen LogP contribution in [-0.4, -0.2) is 22.5 Å². The number of nitrogens with one attached hydrogen (secondary N) is 2. The number of aromatic amines is 2. The second-order valence-electron chi connectivity index (χ2n) is 8.36. The fourth-order valence-corrected chi connectivity index (χ4v) is 4.88. The Morgan fingerprint density at radius 3 is 2.18 bits per heavy atom. The van der Waals surface area contributed by atoms with Crippen LogP contribution in [0.1, 0.15) is 86.2 Å². The smallest absolute Gasteiger partial charge is 0.166 e. The molecule has 0 aliphatic heterocycles. The molecule has 2 aliphatic carbocycles. The number of fused-ring (bicyclic) bond motifs is 1. The molecule has 0 fully saturated rings. The average molecular weight is 377 g/mol. The van der Waals surface area contributed by atoms with Gasteiger partial charge in [-0.25, -0.2) is 0 Å². The van der Waals surface area contributed by atoms with Gasteiger partial charge in [0.2, 0.25) is 0 Å². The first-order valence-electron chi connectivity index (χ1n) is 10.2. The maximum absolute atomic E-state index is 11.3. The quantitative estimate of drug-likeness (QED) is 0.692. The van der Waals surface area contributed by atoms with E-state index in [4.69, 9.17) is 0 Å². The highest BCUT2D eigenvalue weighted by Crippen LogP contribution is 2.44. The number of H-pyrrole nitrogens is 2. The van der Waals surface area contributed by atoms with E-state index in [-0.39, 0.29) is 0 Å². The third kappa shape index (κ3) is 2.92. The van der Waals surface area contributed by atoms with E-state index in [1.807, 2.05) is 13.8 Å². The van der Waals surface area contributed by atoms with Crippen molar-refractivity contribution in [2.24, 2.45) is 5.92 Å². The molecule has 0 unspecified atom stereocenters. The molecule has 4 rings (SSSR count). The second-order valence-corrected chi connectivity index (χ2v) is 8.36. The Morgan fingerprint density at radius 2 is 1.54 bits per heavy atom. The monoisotopic (exact) mass is 376 g/mol. The SMILES string of the molecule is Cc1c(C=O)[nH]c(C2=CC3=C[C@H](c4[nH]c(C=O)c(C)c4C)CC[C@@H]3CC2)c1C. The normalized spacial score (nSPS) is 21.7. The standard InChI is InChI=1S/C24H28N2O2/c1-13-15(3)23(25-21(13)11-27)18-7-5-17-6-8-19(10-20(17)9-18)24-16(4)14(2)22(12-28)26-24/h9-12,17-18,25-26H,5-8H2,1-4H3/t17-,18-/m1/s1. The van der Waals surface area contributed by atoms with Gasteiger partial charge in [-0.3, -0.25) is 9.59 Å². The number of allylic oxidation sites excluding steroid dienone is 4. The van der Waals surface area contributed by atoms with Crippen LogP contribution in [0.5, 0.6) is 0 Å². The van der Waals surface area contributed by atoms with Crippen LogP contribution >= 0.6 is 0 Å². The lowest BCUT2D eigenvalue weighted by atomic mass is 9.74. The molecule has 0 radical (unpaired) electrons. The van der Waals surface area contributed by atoms with Crippen molar-refractivity contribution in [3.05, 3.63) is 62.8 Å². The van der Waals surface area contributed by atoms with Crippen LogP contribution in [0, 0.1) is 33.6 Å². The lowest BCUT2D eigenvalue weighted by Crippen LogP contribution is -2.17. The predicted molar refractivity (Wildman–Crippen MR) is 112 cm³/mol. The maximum atomic E-state index is 11.3. The molecule has 2 atom stereocenters. The fraction of sp³-hybridized carbons (Fsp3) is 0.417. The third-order valence-corrected chi connectivity index (χ3v) is 6.96. The first-order valence-corrected chi connectivity index (χ1v) is 10.2. The van der Waals surface area contributed by atoms with Crippen LogP contribution in [0.2, 0.25) is 0 Å². The van der Waals surface area contributed by atoms with E-state index in [2.05, 4.69) is 36.0 Å². The molecule has 2 aliphatic rings. The van der Waals surface area contributed by atoms with Crippen LogP contribution < -0.4 is 0 Å². The largest absolute Gasteiger partial charge is 0.355 e. The molecule has 146 valence electrons. The number of rotatable bonds is 4. The average Bonchev–Trinajstić information content (AvgIpc) is 3.17. The van der Waals surface area contributed by atoms with E-state index in [0.717, 1.165) is 48.7 Å². The molecule has 0 aromatic carbocycles. The molecule has 2 heterocycles. The Balaban J connectivity index is 1.72. The topological polar surface area (TPSA) is 65.7 Å². The highest BCUT2D eigenvalue weighted by Gasteiger charge is 2.29. The first-order chi connectivity index (χ1) is 13.4. The van der Waals surface area contributed by atoms with E-state index in [1.165, 1.54) is 34.4 Å². The van der Waals surface area contributed by atoms with Crippen molar-refractivity contribution in [3.63, 3.8) is 0 Å². The van der Waals surface area contributed by atoms with Crippen LogP contribution in [-0.2, 0) is 0 Å².